The third-order valence-electron chi connectivity index (χ3n) is 2.42. The zero-order valence-corrected chi connectivity index (χ0v) is 9.37. The van der Waals surface area contributed by atoms with Gasteiger partial charge < -0.3 is 10.8 Å². The molecular formula is C11H21NO3. The highest BCUT2D eigenvalue weighted by Crippen LogP contribution is 2.08. The molecule has 0 rings (SSSR count). The summed E-state index contributed by atoms with van der Waals surface area (Å²) in [5, 5.41) is 8.40. The number of hydrogen-bond acceptors (Lipinski definition) is 3. The highest BCUT2D eigenvalue weighted by atomic mass is 16.4. The lowest BCUT2D eigenvalue weighted by atomic mass is 10.0. The second-order valence-corrected chi connectivity index (χ2v) is 3.83. The Morgan fingerprint density at radius 3 is 2.20 bits per heavy atom. The Hall–Kier alpha value is -0.900. The fourth-order valence-electron chi connectivity index (χ4n) is 1.43. The Kier molecular flexibility index (Phi) is 7.91. The van der Waals surface area contributed by atoms with Gasteiger partial charge in [-0.15, -0.1) is 0 Å². The summed E-state index contributed by atoms with van der Waals surface area (Å²) in [6.45, 7) is 2.15. The first-order valence-electron chi connectivity index (χ1n) is 5.62. The monoisotopic (exact) mass is 215 g/mol. The highest BCUT2D eigenvalue weighted by Gasteiger charge is 2.19. The molecule has 0 fully saturated rings. The van der Waals surface area contributed by atoms with Crippen LogP contribution in [0.1, 0.15) is 51.9 Å². The number of hydrogen-bond donors (Lipinski definition) is 2. The first-order valence-corrected chi connectivity index (χ1v) is 5.62. The number of rotatable bonds is 9. The molecule has 1 unspecified atom stereocenters. The van der Waals surface area contributed by atoms with Gasteiger partial charge in [0, 0.05) is 0 Å². The van der Waals surface area contributed by atoms with Gasteiger partial charge in [-0.1, -0.05) is 45.4 Å². The maximum atomic E-state index is 10.9. The minimum atomic E-state index is -1.42. The summed E-state index contributed by atoms with van der Waals surface area (Å²) in [7, 11) is 0. The molecule has 0 aromatic carbocycles. The normalized spacial score (nSPS) is 12.4. The van der Waals surface area contributed by atoms with Gasteiger partial charge >= 0.3 is 5.97 Å². The molecule has 0 saturated heterocycles. The van der Waals surface area contributed by atoms with Gasteiger partial charge in [0.15, 0.2) is 0 Å². The van der Waals surface area contributed by atoms with Crippen molar-refractivity contribution in [2.24, 2.45) is 5.73 Å². The molecule has 0 bridgehead atoms. The summed E-state index contributed by atoms with van der Waals surface area (Å²) >= 11 is 0. The SMILES string of the molecule is CCCCCCCCC(N)C(=O)C(=O)O. The average Bonchev–Trinajstić information content (AvgIpc) is 2.21. The van der Waals surface area contributed by atoms with E-state index in [2.05, 4.69) is 6.92 Å². The molecule has 0 radical (unpaired) electrons. The Labute approximate surface area is 90.8 Å². The van der Waals surface area contributed by atoms with Crippen LogP contribution in [-0.4, -0.2) is 22.9 Å². The van der Waals surface area contributed by atoms with E-state index < -0.39 is 17.8 Å². The number of carboxylic acid groups (broad SMARTS) is 1. The van der Waals surface area contributed by atoms with Crippen LogP contribution in [0, 0.1) is 0 Å². The molecule has 3 N–H and O–H groups in total. The molecule has 88 valence electrons. The van der Waals surface area contributed by atoms with Crippen molar-refractivity contribution in [2.75, 3.05) is 0 Å². The van der Waals surface area contributed by atoms with Crippen molar-refractivity contribution < 1.29 is 14.7 Å². The Morgan fingerprint density at radius 2 is 1.67 bits per heavy atom. The molecule has 0 aliphatic rings. The molecule has 0 saturated carbocycles. The zero-order valence-electron chi connectivity index (χ0n) is 9.37. The molecule has 4 nitrogen and oxygen atoms in total. The molecule has 0 aliphatic carbocycles. The first-order chi connectivity index (χ1) is 7.09. The van der Waals surface area contributed by atoms with Crippen molar-refractivity contribution >= 4 is 11.8 Å². The van der Waals surface area contributed by atoms with E-state index in [0.717, 1.165) is 19.3 Å². The molecule has 4 heteroatoms. The molecule has 15 heavy (non-hydrogen) atoms. The van der Waals surface area contributed by atoms with E-state index in [9.17, 15) is 9.59 Å². The van der Waals surface area contributed by atoms with Crippen LogP contribution >= 0.6 is 0 Å². The molecular weight excluding hydrogens is 194 g/mol. The lowest BCUT2D eigenvalue weighted by Gasteiger charge is -2.06. The van der Waals surface area contributed by atoms with E-state index in [4.69, 9.17) is 10.8 Å². The molecule has 0 aromatic heterocycles. The minimum absolute atomic E-state index is 0.483. The van der Waals surface area contributed by atoms with Crippen molar-refractivity contribution in [3.05, 3.63) is 0 Å². The topological polar surface area (TPSA) is 80.4 Å². The van der Waals surface area contributed by atoms with Crippen molar-refractivity contribution in [3.8, 4) is 0 Å². The maximum absolute atomic E-state index is 10.9. The van der Waals surface area contributed by atoms with Crippen LogP contribution in [0.2, 0.25) is 0 Å². The van der Waals surface area contributed by atoms with Gasteiger partial charge in [0.25, 0.3) is 5.78 Å². The summed E-state index contributed by atoms with van der Waals surface area (Å²) in [5.41, 5.74) is 5.43. The van der Waals surface area contributed by atoms with E-state index in [0.29, 0.717) is 6.42 Å². The van der Waals surface area contributed by atoms with E-state index in [-0.39, 0.29) is 0 Å². The summed E-state index contributed by atoms with van der Waals surface area (Å²) < 4.78 is 0. The van der Waals surface area contributed by atoms with Crippen LogP contribution in [0.3, 0.4) is 0 Å². The smallest absolute Gasteiger partial charge is 0.373 e. The lowest BCUT2D eigenvalue weighted by molar-refractivity contribution is -0.149. The fraction of sp³-hybridized carbons (Fsp3) is 0.818. The summed E-state index contributed by atoms with van der Waals surface area (Å²) in [5.74, 6) is -2.29. The quantitative estimate of drug-likeness (QED) is 0.453. The number of ketones is 1. The van der Waals surface area contributed by atoms with Crippen LogP contribution < -0.4 is 5.73 Å². The van der Waals surface area contributed by atoms with Gasteiger partial charge in [-0.25, -0.2) is 4.79 Å². The standard InChI is InChI=1S/C11H21NO3/c1-2-3-4-5-6-7-8-9(12)10(13)11(14)15/h9H,2-8,12H2,1H3,(H,14,15). The number of carbonyl (C=O) groups excluding carboxylic acids is 1. The number of aliphatic carboxylic acids is 1. The molecule has 0 spiro atoms. The molecule has 0 aliphatic heterocycles. The van der Waals surface area contributed by atoms with E-state index in [1.165, 1.54) is 19.3 Å². The Balaban J connectivity index is 3.43. The number of carboxylic acids is 1. The summed E-state index contributed by atoms with van der Waals surface area (Å²) in [6.07, 6.45) is 7.14. The number of carbonyl (C=O) groups is 2. The van der Waals surface area contributed by atoms with E-state index in [1.807, 2.05) is 0 Å². The third kappa shape index (κ3) is 7.08. The van der Waals surface area contributed by atoms with Crippen LogP contribution in [0.15, 0.2) is 0 Å². The number of Topliss-reactive ketones (excluding diaryl/α,β-unsaturated/α-hetero) is 1. The van der Waals surface area contributed by atoms with Gasteiger partial charge in [-0.05, 0) is 6.42 Å². The second kappa shape index (κ2) is 8.41. The van der Waals surface area contributed by atoms with E-state index >= 15 is 0 Å². The predicted octanol–water partition coefficient (Wildman–Crippen LogP) is 1.72. The minimum Gasteiger partial charge on any atom is -0.475 e. The summed E-state index contributed by atoms with van der Waals surface area (Å²) in [4.78, 5) is 21.2. The highest BCUT2D eigenvalue weighted by molar-refractivity contribution is 6.34. The average molecular weight is 215 g/mol. The van der Waals surface area contributed by atoms with Gasteiger partial charge in [-0.2, -0.15) is 0 Å². The van der Waals surface area contributed by atoms with Crippen molar-refractivity contribution in [3.63, 3.8) is 0 Å². The van der Waals surface area contributed by atoms with Crippen LogP contribution in [0.4, 0.5) is 0 Å². The van der Waals surface area contributed by atoms with Crippen LogP contribution in [0.5, 0.6) is 0 Å². The number of nitrogens with two attached hydrogens (primary N) is 1. The molecule has 0 amide bonds. The molecule has 0 aromatic rings. The van der Waals surface area contributed by atoms with Crippen LogP contribution in [-0.2, 0) is 9.59 Å². The van der Waals surface area contributed by atoms with Gasteiger partial charge in [-0.3, -0.25) is 4.79 Å². The van der Waals surface area contributed by atoms with Crippen molar-refractivity contribution in [2.45, 2.75) is 57.9 Å². The summed E-state index contributed by atoms with van der Waals surface area (Å²) in [6, 6.07) is -0.825. The van der Waals surface area contributed by atoms with Gasteiger partial charge in [0.2, 0.25) is 0 Å². The Bertz CT molecular complexity index is 204. The van der Waals surface area contributed by atoms with Gasteiger partial charge in [0.1, 0.15) is 0 Å². The largest absolute Gasteiger partial charge is 0.475 e. The van der Waals surface area contributed by atoms with Crippen molar-refractivity contribution in [1.82, 2.24) is 0 Å². The molecule has 0 heterocycles. The fourth-order valence-corrected chi connectivity index (χ4v) is 1.43. The zero-order chi connectivity index (χ0) is 11.7. The van der Waals surface area contributed by atoms with Crippen molar-refractivity contribution in [1.29, 1.82) is 0 Å². The van der Waals surface area contributed by atoms with E-state index in [1.54, 1.807) is 0 Å². The Morgan fingerprint density at radius 1 is 1.13 bits per heavy atom. The second-order valence-electron chi connectivity index (χ2n) is 3.83. The predicted molar refractivity (Wildman–Crippen MR) is 58.6 cm³/mol. The molecule has 1 atom stereocenters. The lowest BCUT2D eigenvalue weighted by Crippen LogP contribution is -2.35. The first kappa shape index (κ1) is 14.1. The third-order valence-corrected chi connectivity index (χ3v) is 2.42. The van der Waals surface area contributed by atoms with Gasteiger partial charge in [0.05, 0.1) is 6.04 Å². The van der Waals surface area contributed by atoms with Crippen LogP contribution in [0.25, 0.3) is 0 Å². The maximum Gasteiger partial charge on any atom is 0.373 e. The number of unbranched alkanes of at least 4 members (excludes halogenated alkanes) is 5.